The number of hydrogen-bond donors (Lipinski definition) is 2. The molecule has 0 unspecified atom stereocenters. The summed E-state index contributed by atoms with van der Waals surface area (Å²) in [6.45, 7) is 2.95. The number of amides is 1. The number of nitrogens with one attached hydrogen (secondary N) is 1. The van der Waals surface area contributed by atoms with E-state index < -0.39 is 21.3 Å². The van der Waals surface area contributed by atoms with Crippen LogP contribution in [0.25, 0.3) is 0 Å². The van der Waals surface area contributed by atoms with Gasteiger partial charge in [-0.25, -0.2) is 18.1 Å². The van der Waals surface area contributed by atoms with Crippen molar-refractivity contribution in [2.75, 3.05) is 6.54 Å². The fourth-order valence-corrected chi connectivity index (χ4v) is 2.21. The molecule has 0 aromatic carbocycles. The summed E-state index contributed by atoms with van der Waals surface area (Å²) in [7, 11) is -3.78. The van der Waals surface area contributed by atoms with Crippen molar-refractivity contribution in [3.63, 3.8) is 0 Å². The molecule has 7 nitrogen and oxygen atoms in total. The molecular formula is C11H14N4O3S. The van der Waals surface area contributed by atoms with Gasteiger partial charge in [0.05, 0.1) is 5.41 Å². The molecule has 0 radical (unpaired) electrons. The standard InChI is InChI=1S/C11H14N4O3S/c1-11(2,10(13)16)7-15-19(17,18)9-4-3-8(5-12)14-6-9/h3-4,6,15H,7H2,1-2H3,(H2,13,16). The van der Waals surface area contributed by atoms with Crippen LogP contribution in [0.1, 0.15) is 19.5 Å². The van der Waals surface area contributed by atoms with Gasteiger partial charge in [-0.05, 0) is 26.0 Å². The fraction of sp³-hybridized carbons (Fsp3) is 0.364. The highest BCUT2D eigenvalue weighted by atomic mass is 32.2. The van der Waals surface area contributed by atoms with Crippen LogP contribution in [0.3, 0.4) is 0 Å². The minimum Gasteiger partial charge on any atom is -0.369 e. The van der Waals surface area contributed by atoms with Crippen LogP contribution in [0.4, 0.5) is 0 Å². The first-order valence-corrected chi connectivity index (χ1v) is 6.83. The van der Waals surface area contributed by atoms with Crippen molar-refractivity contribution in [3.05, 3.63) is 24.0 Å². The minimum absolute atomic E-state index is 0.0771. The maximum Gasteiger partial charge on any atom is 0.242 e. The minimum atomic E-state index is -3.78. The van der Waals surface area contributed by atoms with E-state index in [1.165, 1.54) is 26.0 Å². The second kappa shape index (κ2) is 5.34. The molecule has 1 aromatic heterocycles. The van der Waals surface area contributed by atoms with E-state index in [-0.39, 0.29) is 17.1 Å². The van der Waals surface area contributed by atoms with E-state index in [9.17, 15) is 13.2 Å². The first kappa shape index (κ1) is 15.1. The molecule has 8 heteroatoms. The number of carbonyl (C=O) groups excluding carboxylic acids is 1. The molecule has 0 bridgehead atoms. The molecule has 0 aliphatic carbocycles. The normalized spacial score (nSPS) is 11.8. The Bertz CT molecular complexity index is 614. The molecule has 0 fully saturated rings. The van der Waals surface area contributed by atoms with Gasteiger partial charge in [-0.1, -0.05) is 0 Å². The van der Waals surface area contributed by atoms with Crippen molar-refractivity contribution in [2.45, 2.75) is 18.7 Å². The quantitative estimate of drug-likeness (QED) is 0.769. The first-order chi connectivity index (χ1) is 8.69. The van der Waals surface area contributed by atoms with Crippen LogP contribution >= 0.6 is 0 Å². The third-order valence-electron chi connectivity index (χ3n) is 2.53. The number of pyridine rings is 1. The number of carbonyl (C=O) groups is 1. The zero-order valence-electron chi connectivity index (χ0n) is 10.5. The second-order valence-corrected chi connectivity index (χ2v) is 6.33. The molecule has 3 N–H and O–H groups in total. The van der Waals surface area contributed by atoms with Crippen LogP contribution in [-0.4, -0.2) is 25.9 Å². The highest BCUT2D eigenvalue weighted by Crippen LogP contribution is 2.14. The lowest BCUT2D eigenvalue weighted by atomic mass is 9.93. The predicted molar refractivity (Wildman–Crippen MR) is 67.1 cm³/mol. The third-order valence-corrected chi connectivity index (χ3v) is 3.92. The van der Waals surface area contributed by atoms with Crippen molar-refractivity contribution in [2.24, 2.45) is 11.1 Å². The number of aromatic nitrogens is 1. The molecule has 1 rings (SSSR count). The van der Waals surface area contributed by atoms with E-state index in [0.29, 0.717) is 0 Å². The average molecular weight is 282 g/mol. The lowest BCUT2D eigenvalue weighted by Crippen LogP contribution is -2.42. The monoisotopic (exact) mass is 282 g/mol. The van der Waals surface area contributed by atoms with Crippen molar-refractivity contribution < 1.29 is 13.2 Å². The van der Waals surface area contributed by atoms with E-state index in [0.717, 1.165) is 6.20 Å². The summed E-state index contributed by atoms with van der Waals surface area (Å²) >= 11 is 0. The summed E-state index contributed by atoms with van der Waals surface area (Å²) in [5.74, 6) is -0.604. The molecule has 1 amide bonds. The Hall–Kier alpha value is -1.98. The summed E-state index contributed by atoms with van der Waals surface area (Å²) in [5.41, 5.74) is 4.28. The van der Waals surface area contributed by atoms with Crippen molar-refractivity contribution >= 4 is 15.9 Å². The lowest BCUT2D eigenvalue weighted by Gasteiger charge is -2.20. The van der Waals surface area contributed by atoms with Crippen LogP contribution in [0.5, 0.6) is 0 Å². The highest BCUT2D eigenvalue weighted by molar-refractivity contribution is 7.89. The molecule has 0 saturated carbocycles. The van der Waals surface area contributed by atoms with E-state index in [1.807, 2.05) is 0 Å². The van der Waals surface area contributed by atoms with E-state index in [4.69, 9.17) is 11.0 Å². The Labute approximate surface area is 111 Å². The predicted octanol–water partition coefficient (Wildman–Crippen LogP) is -0.257. The lowest BCUT2D eigenvalue weighted by molar-refractivity contribution is -0.125. The number of sulfonamides is 1. The van der Waals surface area contributed by atoms with E-state index in [2.05, 4.69) is 9.71 Å². The fourth-order valence-electron chi connectivity index (χ4n) is 1.05. The molecule has 102 valence electrons. The van der Waals surface area contributed by atoms with Gasteiger partial charge in [0.25, 0.3) is 0 Å². The summed E-state index contributed by atoms with van der Waals surface area (Å²) in [4.78, 5) is 14.7. The maximum absolute atomic E-state index is 11.9. The number of rotatable bonds is 5. The van der Waals surface area contributed by atoms with Gasteiger partial charge >= 0.3 is 0 Å². The highest BCUT2D eigenvalue weighted by Gasteiger charge is 2.27. The van der Waals surface area contributed by atoms with Crippen LogP contribution in [0.15, 0.2) is 23.2 Å². The van der Waals surface area contributed by atoms with Gasteiger partial charge in [-0.15, -0.1) is 0 Å². The molecule has 1 heterocycles. The van der Waals surface area contributed by atoms with Crippen molar-refractivity contribution in [3.8, 4) is 6.07 Å². The molecule has 0 spiro atoms. The smallest absolute Gasteiger partial charge is 0.242 e. The second-order valence-electron chi connectivity index (χ2n) is 4.56. The molecule has 0 atom stereocenters. The van der Waals surface area contributed by atoms with E-state index in [1.54, 1.807) is 6.07 Å². The molecule has 1 aromatic rings. The maximum atomic E-state index is 11.9. The van der Waals surface area contributed by atoms with Gasteiger partial charge in [-0.2, -0.15) is 5.26 Å². The number of primary amides is 1. The van der Waals surface area contributed by atoms with E-state index >= 15 is 0 Å². The van der Waals surface area contributed by atoms with Crippen molar-refractivity contribution in [1.82, 2.24) is 9.71 Å². The number of nitrogens with zero attached hydrogens (tertiary/aromatic N) is 2. The van der Waals surface area contributed by atoms with Gasteiger partial charge < -0.3 is 5.73 Å². The van der Waals surface area contributed by atoms with Crippen LogP contribution in [0, 0.1) is 16.7 Å². The SMILES string of the molecule is CC(C)(CNS(=O)(=O)c1ccc(C#N)nc1)C(N)=O. The van der Waals surface area contributed by atoms with Crippen LogP contribution in [0.2, 0.25) is 0 Å². The summed E-state index contributed by atoms with van der Waals surface area (Å²) in [6.07, 6.45) is 1.08. The summed E-state index contributed by atoms with van der Waals surface area (Å²) < 4.78 is 26.1. The largest absolute Gasteiger partial charge is 0.369 e. The van der Waals surface area contributed by atoms with Crippen LogP contribution in [-0.2, 0) is 14.8 Å². The topological polar surface area (TPSA) is 126 Å². The zero-order valence-corrected chi connectivity index (χ0v) is 11.4. The average Bonchev–Trinajstić information content (AvgIpc) is 2.36. The van der Waals surface area contributed by atoms with Gasteiger partial charge in [0.1, 0.15) is 16.7 Å². The first-order valence-electron chi connectivity index (χ1n) is 5.35. The van der Waals surface area contributed by atoms with Gasteiger partial charge in [-0.3, -0.25) is 4.79 Å². The summed E-state index contributed by atoms with van der Waals surface area (Å²) in [5, 5.41) is 8.57. The Morgan fingerprint density at radius 2 is 2.16 bits per heavy atom. The Balaban J connectivity index is 2.88. The Kier molecular flexibility index (Phi) is 4.24. The Morgan fingerprint density at radius 1 is 1.53 bits per heavy atom. The van der Waals surface area contributed by atoms with Crippen molar-refractivity contribution in [1.29, 1.82) is 5.26 Å². The molecular weight excluding hydrogens is 268 g/mol. The third kappa shape index (κ3) is 3.74. The Morgan fingerprint density at radius 3 is 2.58 bits per heavy atom. The molecule has 0 aliphatic heterocycles. The summed E-state index contributed by atoms with van der Waals surface area (Å²) in [6, 6.07) is 4.36. The molecule has 19 heavy (non-hydrogen) atoms. The number of hydrogen-bond acceptors (Lipinski definition) is 5. The number of nitrogens with two attached hydrogens (primary N) is 1. The molecule has 0 saturated heterocycles. The van der Waals surface area contributed by atoms with Gasteiger partial charge in [0.2, 0.25) is 15.9 Å². The number of nitriles is 1. The van der Waals surface area contributed by atoms with Gasteiger partial charge in [0.15, 0.2) is 0 Å². The van der Waals surface area contributed by atoms with Gasteiger partial charge in [0, 0.05) is 12.7 Å². The zero-order chi connectivity index (χ0) is 14.7. The van der Waals surface area contributed by atoms with Crippen LogP contribution < -0.4 is 10.5 Å². The molecule has 0 aliphatic rings.